The van der Waals surface area contributed by atoms with Gasteiger partial charge in [0.05, 0.1) is 11.3 Å². The molecule has 8 heteroatoms. The smallest absolute Gasteiger partial charge is 0.335 e. The minimum Gasteiger partial charge on any atom is -0.478 e. The Kier molecular flexibility index (Phi) is 6.16. The van der Waals surface area contributed by atoms with E-state index in [-0.39, 0.29) is 24.4 Å². The van der Waals surface area contributed by atoms with E-state index in [0.717, 1.165) is 11.8 Å². The van der Waals surface area contributed by atoms with Crippen LogP contribution in [0.15, 0.2) is 24.3 Å². The van der Waals surface area contributed by atoms with Crippen LogP contribution in [0.5, 0.6) is 0 Å². The third kappa shape index (κ3) is 7.31. The Morgan fingerprint density at radius 2 is 1.76 bits per heavy atom. The number of carboxylic acid groups (broad SMARTS) is 1. The van der Waals surface area contributed by atoms with E-state index >= 15 is 0 Å². The van der Waals surface area contributed by atoms with Crippen LogP contribution in [-0.2, 0) is 16.4 Å². The number of benzene rings is 1. The number of carbonyl (C=O) groups is 2. The SMILES string of the molecule is CS(=O)(=O)CCCNC(=O)NCc1ccc(C(=O)O)cc1. The van der Waals surface area contributed by atoms with E-state index in [0.29, 0.717) is 6.42 Å². The number of carbonyl (C=O) groups excluding carboxylic acids is 1. The number of amides is 2. The monoisotopic (exact) mass is 314 g/mol. The van der Waals surface area contributed by atoms with E-state index in [1.54, 1.807) is 12.1 Å². The molecule has 0 bridgehead atoms. The maximum absolute atomic E-state index is 11.5. The van der Waals surface area contributed by atoms with Gasteiger partial charge in [-0.15, -0.1) is 0 Å². The maximum Gasteiger partial charge on any atom is 0.335 e. The van der Waals surface area contributed by atoms with Gasteiger partial charge in [-0.2, -0.15) is 0 Å². The predicted molar refractivity (Wildman–Crippen MR) is 78.0 cm³/mol. The van der Waals surface area contributed by atoms with Gasteiger partial charge in [-0.05, 0) is 24.1 Å². The molecule has 21 heavy (non-hydrogen) atoms. The van der Waals surface area contributed by atoms with Crippen LogP contribution in [-0.4, -0.2) is 44.1 Å². The molecule has 0 saturated heterocycles. The Hall–Kier alpha value is -2.09. The molecule has 0 atom stereocenters. The second-order valence-corrected chi connectivity index (χ2v) is 6.85. The molecule has 3 N–H and O–H groups in total. The van der Waals surface area contributed by atoms with Crippen LogP contribution in [0, 0.1) is 0 Å². The zero-order chi connectivity index (χ0) is 15.9. The molecule has 0 aliphatic carbocycles. The van der Waals surface area contributed by atoms with Crippen LogP contribution >= 0.6 is 0 Å². The molecule has 0 saturated carbocycles. The van der Waals surface area contributed by atoms with E-state index in [2.05, 4.69) is 10.6 Å². The van der Waals surface area contributed by atoms with Gasteiger partial charge in [-0.3, -0.25) is 0 Å². The first-order chi connectivity index (χ1) is 9.78. The zero-order valence-corrected chi connectivity index (χ0v) is 12.4. The van der Waals surface area contributed by atoms with Crippen LogP contribution in [0.3, 0.4) is 0 Å². The number of hydrogen-bond donors (Lipinski definition) is 3. The van der Waals surface area contributed by atoms with Crippen molar-refractivity contribution in [3.05, 3.63) is 35.4 Å². The topological polar surface area (TPSA) is 113 Å². The summed E-state index contributed by atoms with van der Waals surface area (Å²) in [6.45, 7) is 0.536. The fourth-order valence-electron chi connectivity index (χ4n) is 1.55. The van der Waals surface area contributed by atoms with Crippen molar-refractivity contribution < 1.29 is 23.1 Å². The number of rotatable bonds is 7. The first kappa shape index (κ1) is 17.0. The average Bonchev–Trinajstić information content (AvgIpc) is 2.41. The molecular weight excluding hydrogens is 296 g/mol. The summed E-state index contributed by atoms with van der Waals surface area (Å²) in [5.41, 5.74) is 0.954. The van der Waals surface area contributed by atoms with Crippen molar-refractivity contribution in [3.8, 4) is 0 Å². The minimum atomic E-state index is -3.01. The highest BCUT2D eigenvalue weighted by Gasteiger charge is 2.05. The third-order valence-corrected chi connectivity index (χ3v) is 3.66. The largest absolute Gasteiger partial charge is 0.478 e. The summed E-state index contributed by atoms with van der Waals surface area (Å²) < 4.78 is 21.8. The molecule has 2 amide bonds. The lowest BCUT2D eigenvalue weighted by Crippen LogP contribution is -2.36. The van der Waals surface area contributed by atoms with Crippen molar-refractivity contribution in [1.82, 2.24) is 10.6 Å². The molecule has 1 aromatic rings. The van der Waals surface area contributed by atoms with Crippen molar-refractivity contribution >= 4 is 21.8 Å². The van der Waals surface area contributed by atoms with Gasteiger partial charge >= 0.3 is 12.0 Å². The summed E-state index contributed by atoms with van der Waals surface area (Å²) in [7, 11) is -3.01. The summed E-state index contributed by atoms with van der Waals surface area (Å²) in [6.07, 6.45) is 1.51. The van der Waals surface area contributed by atoms with Crippen LogP contribution < -0.4 is 10.6 Å². The molecular formula is C13H18N2O5S. The van der Waals surface area contributed by atoms with Gasteiger partial charge in [0.15, 0.2) is 0 Å². The molecule has 0 heterocycles. The van der Waals surface area contributed by atoms with Crippen molar-refractivity contribution in [2.24, 2.45) is 0 Å². The molecule has 7 nitrogen and oxygen atoms in total. The van der Waals surface area contributed by atoms with Crippen LogP contribution in [0.25, 0.3) is 0 Å². The summed E-state index contributed by atoms with van der Waals surface area (Å²) in [6, 6.07) is 5.76. The Bertz CT molecular complexity index is 595. The third-order valence-electron chi connectivity index (χ3n) is 2.63. The Balaban J connectivity index is 2.28. The molecule has 1 rings (SSSR count). The standard InChI is InChI=1S/C13H18N2O5S/c1-21(19,20)8-2-7-14-13(18)15-9-10-3-5-11(6-4-10)12(16)17/h3-6H,2,7-9H2,1H3,(H,16,17)(H2,14,15,18). The second kappa shape index (κ2) is 7.63. The summed E-state index contributed by atoms with van der Waals surface area (Å²) >= 11 is 0. The van der Waals surface area contributed by atoms with Crippen molar-refractivity contribution in [2.75, 3.05) is 18.6 Å². The van der Waals surface area contributed by atoms with Gasteiger partial charge < -0.3 is 15.7 Å². The van der Waals surface area contributed by atoms with E-state index in [9.17, 15) is 18.0 Å². The highest BCUT2D eigenvalue weighted by atomic mass is 32.2. The number of nitrogens with one attached hydrogen (secondary N) is 2. The van der Waals surface area contributed by atoms with Crippen molar-refractivity contribution in [2.45, 2.75) is 13.0 Å². The molecule has 0 aliphatic rings. The van der Waals surface area contributed by atoms with Gasteiger partial charge in [-0.1, -0.05) is 12.1 Å². The van der Waals surface area contributed by atoms with Gasteiger partial charge in [0, 0.05) is 19.3 Å². The molecule has 0 aromatic heterocycles. The lowest BCUT2D eigenvalue weighted by Gasteiger charge is -2.07. The highest BCUT2D eigenvalue weighted by Crippen LogP contribution is 2.04. The van der Waals surface area contributed by atoms with E-state index in [1.165, 1.54) is 12.1 Å². The molecule has 0 unspecified atom stereocenters. The van der Waals surface area contributed by atoms with Gasteiger partial charge in [0.25, 0.3) is 0 Å². The second-order valence-electron chi connectivity index (χ2n) is 4.59. The molecule has 0 aliphatic heterocycles. The molecule has 0 fully saturated rings. The van der Waals surface area contributed by atoms with E-state index in [1.807, 2.05) is 0 Å². The van der Waals surface area contributed by atoms with Crippen LogP contribution in [0.1, 0.15) is 22.3 Å². The number of aromatic carboxylic acids is 1. The molecule has 0 spiro atoms. The molecule has 116 valence electrons. The minimum absolute atomic E-state index is 0.0317. The highest BCUT2D eigenvalue weighted by molar-refractivity contribution is 7.90. The van der Waals surface area contributed by atoms with Gasteiger partial charge in [0.1, 0.15) is 9.84 Å². The van der Waals surface area contributed by atoms with Crippen LogP contribution in [0.4, 0.5) is 4.79 Å². The first-order valence-electron chi connectivity index (χ1n) is 6.29. The lowest BCUT2D eigenvalue weighted by molar-refractivity contribution is 0.0697. The number of hydrogen-bond acceptors (Lipinski definition) is 4. The first-order valence-corrected chi connectivity index (χ1v) is 8.35. The van der Waals surface area contributed by atoms with Crippen LogP contribution in [0.2, 0.25) is 0 Å². The summed E-state index contributed by atoms with van der Waals surface area (Å²) in [5.74, 6) is -0.970. The number of urea groups is 1. The summed E-state index contributed by atoms with van der Waals surface area (Å²) in [4.78, 5) is 22.1. The number of sulfone groups is 1. The maximum atomic E-state index is 11.5. The number of carboxylic acids is 1. The fraction of sp³-hybridized carbons (Fsp3) is 0.385. The normalized spacial score (nSPS) is 10.9. The van der Waals surface area contributed by atoms with E-state index < -0.39 is 21.8 Å². The Morgan fingerprint density at radius 3 is 2.29 bits per heavy atom. The predicted octanol–water partition coefficient (Wildman–Crippen LogP) is 0.619. The van der Waals surface area contributed by atoms with Gasteiger partial charge in [-0.25, -0.2) is 18.0 Å². The lowest BCUT2D eigenvalue weighted by atomic mass is 10.1. The van der Waals surface area contributed by atoms with Crippen molar-refractivity contribution in [1.29, 1.82) is 0 Å². The quantitative estimate of drug-likeness (QED) is 0.639. The zero-order valence-electron chi connectivity index (χ0n) is 11.6. The fourth-order valence-corrected chi connectivity index (χ4v) is 2.22. The summed E-state index contributed by atoms with van der Waals surface area (Å²) in [5, 5.41) is 13.9. The van der Waals surface area contributed by atoms with Crippen molar-refractivity contribution in [3.63, 3.8) is 0 Å². The van der Waals surface area contributed by atoms with E-state index in [4.69, 9.17) is 5.11 Å². The molecule has 0 radical (unpaired) electrons. The Morgan fingerprint density at radius 1 is 1.14 bits per heavy atom. The molecule has 1 aromatic carbocycles. The van der Waals surface area contributed by atoms with Gasteiger partial charge in [0.2, 0.25) is 0 Å². The average molecular weight is 314 g/mol. The Labute approximate surface area is 123 Å².